The van der Waals surface area contributed by atoms with E-state index in [1.165, 1.54) is 18.4 Å². The molecule has 154 valence electrons. The van der Waals surface area contributed by atoms with Gasteiger partial charge < -0.3 is 4.90 Å². The second-order valence-electron chi connectivity index (χ2n) is 8.19. The van der Waals surface area contributed by atoms with E-state index in [0.29, 0.717) is 19.0 Å². The van der Waals surface area contributed by atoms with E-state index in [2.05, 4.69) is 40.1 Å². The summed E-state index contributed by atoms with van der Waals surface area (Å²) in [5.74, 6) is 0.244. The van der Waals surface area contributed by atoms with Crippen molar-refractivity contribution in [1.82, 2.24) is 14.7 Å². The molecule has 2 heterocycles. The molecule has 2 aromatic carbocycles. The van der Waals surface area contributed by atoms with Gasteiger partial charge in [-0.25, -0.2) is 0 Å². The lowest BCUT2D eigenvalue weighted by atomic mass is 10.0. The van der Waals surface area contributed by atoms with E-state index in [-0.39, 0.29) is 5.91 Å². The van der Waals surface area contributed by atoms with Crippen LogP contribution in [0.1, 0.15) is 30.4 Å². The SMILES string of the molecule is O=C1CCN(C2CCN(Cc3ccccc3)CC2)CCN1Cc1ccccc1Cl. The lowest BCUT2D eigenvalue weighted by Gasteiger charge is -2.38. The van der Waals surface area contributed by atoms with E-state index < -0.39 is 0 Å². The first-order valence-electron chi connectivity index (χ1n) is 10.7. The molecule has 2 fully saturated rings. The molecule has 2 aromatic rings. The Labute approximate surface area is 179 Å². The summed E-state index contributed by atoms with van der Waals surface area (Å²) in [6.45, 7) is 6.54. The fraction of sp³-hybridized carbons (Fsp3) is 0.458. The molecule has 5 heteroatoms. The summed E-state index contributed by atoms with van der Waals surface area (Å²) in [5.41, 5.74) is 2.42. The Kier molecular flexibility index (Phi) is 6.86. The predicted octanol–water partition coefficient (Wildman–Crippen LogP) is 4.04. The number of carbonyl (C=O) groups is 1. The van der Waals surface area contributed by atoms with Crippen LogP contribution in [0, 0.1) is 0 Å². The number of nitrogens with zero attached hydrogens (tertiary/aromatic N) is 3. The summed E-state index contributed by atoms with van der Waals surface area (Å²) in [6, 6.07) is 19.1. The van der Waals surface area contributed by atoms with Gasteiger partial charge in [-0.1, -0.05) is 60.1 Å². The molecule has 0 unspecified atom stereocenters. The molecule has 2 aliphatic rings. The fourth-order valence-electron chi connectivity index (χ4n) is 4.53. The maximum absolute atomic E-state index is 12.7. The highest BCUT2D eigenvalue weighted by Crippen LogP contribution is 2.22. The van der Waals surface area contributed by atoms with Gasteiger partial charge in [0, 0.05) is 50.2 Å². The molecule has 2 saturated heterocycles. The average molecular weight is 412 g/mol. The van der Waals surface area contributed by atoms with Crippen molar-refractivity contribution in [2.75, 3.05) is 32.7 Å². The van der Waals surface area contributed by atoms with Crippen LogP contribution in [0.25, 0.3) is 0 Å². The highest BCUT2D eigenvalue weighted by Gasteiger charge is 2.28. The molecule has 0 aliphatic carbocycles. The van der Waals surface area contributed by atoms with E-state index in [1.54, 1.807) is 0 Å². The number of hydrogen-bond donors (Lipinski definition) is 0. The molecule has 1 amide bonds. The van der Waals surface area contributed by atoms with Gasteiger partial charge in [0.1, 0.15) is 0 Å². The van der Waals surface area contributed by atoms with Crippen LogP contribution in [0.4, 0.5) is 0 Å². The Morgan fingerprint density at radius 2 is 1.55 bits per heavy atom. The largest absolute Gasteiger partial charge is 0.337 e. The number of piperidine rings is 1. The van der Waals surface area contributed by atoms with Crippen molar-refractivity contribution in [2.45, 2.75) is 38.4 Å². The molecular formula is C24H30ClN3O. The molecule has 0 spiro atoms. The minimum atomic E-state index is 0.244. The van der Waals surface area contributed by atoms with Crippen LogP contribution in [0.3, 0.4) is 0 Å². The number of hydrogen-bond acceptors (Lipinski definition) is 3. The quantitative estimate of drug-likeness (QED) is 0.742. The van der Waals surface area contributed by atoms with Crippen molar-refractivity contribution in [1.29, 1.82) is 0 Å². The summed E-state index contributed by atoms with van der Waals surface area (Å²) in [6.07, 6.45) is 2.98. The number of halogens is 1. The minimum Gasteiger partial charge on any atom is -0.337 e. The Morgan fingerprint density at radius 3 is 2.31 bits per heavy atom. The van der Waals surface area contributed by atoms with Gasteiger partial charge in [0.2, 0.25) is 5.91 Å². The first kappa shape index (κ1) is 20.4. The Balaban J connectivity index is 1.28. The van der Waals surface area contributed by atoms with E-state index >= 15 is 0 Å². The van der Waals surface area contributed by atoms with Gasteiger partial charge in [-0.2, -0.15) is 0 Å². The van der Waals surface area contributed by atoms with Crippen LogP contribution in [0.15, 0.2) is 54.6 Å². The maximum Gasteiger partial charge on any atom is 0.224 e. The van der Waals surface area contributed by atoms with Gasteiger partial charge in [0.05, 0.1) is 0 Å². The van der Waals surface area contributed by atoms with Gasteiger partial charge in [0.15, 0.2) is 0 Å². The standard InChI is InChI=1S/C24H30ClN3O/c25-23-9-5-4-8-21(23)19-28-17-16-27(15-12-24(28)29)22-10-13-26(14-11-22)18-20-6-2-1-3-7-20/h1-9,22H,10-19H2. The summed E-state index contributed by atoms with van der Waals surface area (Å²) < 4.78 is 0. The minimum absolute atomic E-state index is 0.244. The van der Waals surface area contributed by atoms with Crippen molar-refractivity contribution < 1.29 is 4.79 Å². The van der Waals surface area contributed by atoms with Gasteiger partial charge in [-0.3, -0.25) is 14.6 Å². The highest BCUT2D eigenvalue weighted by atomic mass is 35.5. The summed E-state index contributed by atoms with van der Waals surface area (Å²) in [7, 11) is 0. The first-order valence-corrected chi connectivity index (χ1v) is 11.1. The third kappa shape index (κ3) is 5.39. The highest BCUT2D eigenvalue weighted by molar-refractivity contribution is 6.31. The van der Waals surface area contributed by atoms with Crippen molar-refractivity contribution >= 4 is 17.5 Å². The van der Waals surface area contributed by atoms with Gasteiger partial charge in [0.25, 0.3) is 0 Å². The van der Waals surface area contributed by atoms with Crippen molar-refractivity contribution in [3.63, 3.8) is 0 Å². The number of rotatable bonds is 5. The molecule has 0 saturated carbocycles. The number of amides is 1. The monoisotopic (exact) mass is 411 g/mol. The van der Waals surface area contributed by atoms with Crippen LogP contribution < -0.4 is 0 Å². The first-order chi connectivity index (χ1) is 14.2. The molecule has 4 nitrogen and oxygen atoms in total. The molecule has 0 radical (unpaired) electrons. The number of likely N-dealkylation sites (tertiary alicyclic amines) is 1. The number of benzene rings is 2. The normalized spacial score (nSPS) is 20.0. The molecule has 0 atom stereocenters. The van der Waals surface area contributed by atoms with E-state index in [4.69, 9.17) is 11.6 Å². The lowest BCUT2D eigenvalue weighted by Crippen LogP contribution is -2.45. The predicted molar refractivity (Wildman–Crippen MR) is 118 cm³/mol. The van der Waals surface area contributed by atoms with Crippen LogP contribution in [0.2, 0.25) is 5.02 Å². The smallest absolute Gasteiger partial charge is 0.224 e. The molecular weight excluding hydrogens is 382 g/mol. The second-order valence-corrected chi connectivity index (χ2v) is 8.59. The van der Waals surface area contributed by atoms with Gasteiger partial charge in [-0.15, -0.1) is 0 Å². The molecule has 29 heavy (non-hydrogen) atoms. The Bertz CT molecular complexity index is 805. The second kappa shape index (κ2) is 9.75. The van der Waals surface area contributed by atoms with Crippen LogP contribution >= 0.6 is 11.6 Å². The van der Waals surface area contributed by atoms with E-state index in [1.807, 2.05) is 29.2 Å². The van der Waals surface area contributed by atoms with Crippen LogP contribution in [-0.2, 0) is 17.9 Å². The van der Waals surface area contributed by atoms with E-state index in [9.17, 15) is 4.79 Å². The van der Waals surface area contributed by atoms with Crippen LogP contribution in [-0.4, -0.2) is 59.4 Å². The van der Waals surface area contributed by atoms with Gasteiger partial charge >= 0.3 is 0 Å². The molecule has 0 aromatic heterocycles. The maximum atomic E-state index is 12.7. The molecule has 2 aliphatic heterocycles. The summed E-state index contributed by atoms with van der Waals surface area (Å²) in [5, 5.41) is 0.743. The van der Waals surface area contributed by atoms with Crippen molar-refractivity contribution in [3.8, 4) is 0 Å². The van der Waals surface area contributed by atoms with Crippen LogP contribution in [0.5, 0.6) is 0 Å². The zero-order valence-corrected chi connectivity index (χ0v) is 17.7. The van der Waals surface area contributed by atoms with Crippen molar-refractivity contribution in [3.05, 3.63) is 70.7 Å². The lowest BCUT2D eigenvalue weighted by molar-refractivity contribution is -0.130. The number of carbonyl (C=O) groups excluding carboxylic acids is 1. The van der Waals surface area contributed by atoms with Gasteiger partial charge in [-0.05, 0) is 43.1 Å². The zero-order chi connectivity index (χ0) is 20.1. The third-order valence-electron chi connectivity index (χ3n) is 6.26. The fourth-order valence-corrected chi connectivity index (χ4v) is 4.73. The molecule has 0 bridgehead atoms. The van der Waals surface area contributed by atoms with E-state index in [0.717, 1.165) is 49.9 Å². The Hall–Kier alpha value is -1.88. The average Bonchev–Trinajstić information content (AvgIpc) is 2.93. The van der Waals surface area contributed by atoms with Crippen molar-refractivity contribution in [2.24, 2.45) is 0 Å². The summed E-state index contributed by atoms with van der Waals surface area (Å²) >= 11 is 6.30. The Morgan fingerprint density at radius 1 is 0.828 bits per heavy atom. The zero-order valence-electron chi connectivity index (χ0n) is 17.0. The summed E-state index contributed by atoms with van der Waals surface area (Å²) in [4.78, 5) is 19.7. The third-order valence-corrected chi connectivity index (χ3v) is 6.63. The molecule has 0 N–H and O–H groups in total. The topological polar surface area (TPSA) is 26.8 Å². The molecule has 4 rings (SSSR count).